The van der Waals surface area contributed by atoms with E-state index in [0.29, 0.717) is 0 Å². The smallest absolute Gasteiger partial charge is 0.0187 e. The minimum atomic E-state index is 0.729. The fourth-order valence-electron chi connectivity index (χ4n) is 2.21. The molecular formula is C16H20. The summed E-state index contributed by atoms with van der Waals surface area (Å²) in [7, 11) is 0. The van der Waals surface area contributed by atoms with E-state index >= 15 is 0 Å². The first kappa shape index (κ1) is 11.2. The van der Waals surface area contributed by atoms with Gasteiger partial charge >= 0.3 is 0 Å². The molecule has 0 bridgehead atoms. The van der Waals surface area contributed by atoms with Gasteiger partial charge in [0, 0.05) is 0 Å². The highest BCUT2D eigenvalue weighted by atomic mass is 14.2. The summed E-state index contributed by atoms with van der Waals surface area (Å²) in [6.45, 7) is 4.60. The zero-order valence-electron chi connectivity index (χ0n) is 10.2. The molecular weight excluding hydrogens is 192 g/mol. The number of rotatable bonds is 3. The quantitative estimate of drug-likeness (QED) is 0.672. The molecule has 0 aromatic heterocycles. The van der Waals surface area contributed by atoms with Crippen LogP contribution in [0.1, 0.15) is 38.7 Å². The predicted molar refractivity (Wildman–Crippen MR) is 71.2 cm³/mol. The van der Waals surface area contributed by atoms with Crippen LogP contribution >= 0.6 is 0 Å². The van der Waals surface area contributed by atoms with Crippen LogP contribution in [0.4, 0.5) is 0 Å². The van der Waals surface area contributed by atoms with Gasteiger partial charge in [-0.3, -0.25) is 0 Å². The summed E-state index contributed by atoms with van der Waals surface area (Å²) in [4.78, 5) is 0. The van der Waals surface area contributed by atoms with E-state index in [-0.39, 0.29) is 0 Å². The van der Waals surface area contributed by atoms with Gasteiger partial charge in [0.15, 0.2) is 0 Å². The van der Waals surface area contributed by atoms with Crippen molar-refractivity contribution in [3.05, 3.63) is 53.6 Å². The molecule has 0 N–H and O–H groups in total. The minimum Gasteiger partial charge on any atom is -0.0763 e. The summed E-state index contributed by atoms with van der Waals surface area (Å²) in [6, 6.07) is 10.7. The van der Waals surface area contributed by atoms with E-state index in [2.05, 4.69) is 56.3 Å². The maximum absolute atomic E-state index is 2.40. The van der Waals surface area contributed by atoms with E-state index in [0.717, 1.165) is 5.92 Å². The average Bonchev–Trinajstić information content (AvgIpc) is 2.39. The minimum absolute atomic E-state index is 0.729. The van der Waals surface area contributed by atoms with Crippen LogP contribution in [0.3, 0.4) is 0 Å². The normalized spacial score (nSPS) is 17.6. The molecule has 0 radical (unpaired) electrons. The summed E-state index contributed by atoms with van der Waals surface area (Å²) >= 11 is 0. The Balaban J connectivity index is 2.24. The Morgan fingerprint density at radius 3 is 2.62 bits per heavy atom. The van der Waals surface area contributed by atoms with Crippen molar-refractivity contribution in [2.45, 2.75) is 33.1 Å². The van der Waals surface area contributed by atoms with Crippen molar-refractivity contribution in [1.82, 2.24) is 0 Å². The molecule has 1 unspecified atom stereocenters. The highest BCUT2D eigenvalue weighted by Gasteiger charge is 2.11. The molecule has 0 aliphatic heterocycles. The van der Waals surface area contributed by atoms with Crippen LogP contribution in [0.25, 0.3) is 5.57 Å². The fraction of sp³-hybridized carbons (Fsp3) is 0.375. The number of hydrogen-bond donors (Lipinski definition) is 0. The molecule has 1 aliphatic carbocycles. The van der Waals surface area contributed by atoms with Crippen LogP contribution in [-0.2, 0) is 0 Å². The summed E-state index contributed by atoms with van der Waals surface area (Å²) in [5.41, 5.74) is 4.37. The third-order valence-corrected chi connectivity index (χ3v) is 3.49. The van der Waals surface area contributed by atoms with Crippen molar-refractivity contribution in [3.63, 3.8) is 0 Å². The van der Waals surface area contributed by atoms with Gasteiger partial charge in [0.25, 0.3) is 0 Å². The van der Waals surface area contributed by atoms with Gasteiger partial charge in [0.2, 0.25) is 0 Å². The first-order chi connectivity index (χ1) is 7.81. The SMILES string of the molecule is CCC(C)C1=CC(c2ccccc2)=CCC1. The molecule has 1 aromatic carbocycles. The summed E-state index contributed by atoms with van der Waals surface area (Å²) in [5, 5.41) is 0. The van der Waals surface area contributed by atoms with E-state index in [4.69, 9.17) is 0 Å². The Hall–Kier alpha value is -1.30. The molecule has 0 heterocycles. The maximum Gasteiger partial charge on any atom is -0.0187 e. The van der Waals surface area contributed by atoms with E-state index in [1.54, 1.807) is 5.57 Å². The van der Waals surface area contributed by atoms with Gasteiger partial charge in [0.05, 0.1) is 0 Å². The fourth-order valence-corrected chi connectivity index (χ4v) is 2.21. The van der Waals surface area contributed by atoms with Gasteiger partial charge in [-0.25, -0.2) is 0 Å². The Kier molecular flexibility index (Phi) is 3.61. The molecule has 0 nitrogen and oxygen atoms in total. The lowest BCUT2D eigenvalue weighted by atomic mass is 9.87. The Bertz CT molecular complexity index is 395. The van der Waals surface area contributed by atoms with Gasteiger partial charge in [-0.2, -0.15) is 0 Å². The van der Waals surface area contributed by atoms with Crippen LogP contribution in [0.5, 0.6) is 0 Å². The highest BCUT2D eigenvalue weighted by molar-refractivity contribution is 5.75. The molecule has 0 fully saturated rings. The molecule has 0 saturated carbocycles. The molecule has 1 atom stereocenters. The molecule has 16 heavy (non-hydrogen) atoms. The van der Waals surface area contributed by atoms with Crippen LogP contribution < -0.4 is 0 Å². The number of hydrogen-bond acceptors (Lipinski definition) is 0. The van der Waals surface area contributed by atoms with Crippen molar-refractivity contribution in [2.24, 2.45) is 5.92 Å². The molecule has 0 spiro atoms. The summed E-state index contributed by atoms with van der Waals surface area (Å²) in [5.74, 6) is 0.729. The lowest BCUT2D eigenvalue weighted by molar-refractivity contribution is 0.622. The molecule has 0 saturated heterocycles. The monoisotopic (exact) mass is 212 g/mol. The molecule has 1 aliphatic rings. The van der Waals surface area contributed by atoms with Crippen molar-refractivity contribution in [2.75, 3.05) is 0 Å². The van der Waals surface area contributed by atoms with E-state index in [1.165, 1.54) is 30.4 Å². The molecule has 0 amide bonds. The van der Waals surface area contributed by atoms with E-state index < -0.39 is 0 Å². The third kappa shape index (κ3) is 2.44. The maximum atomic E-state index is 2.40. The van der Waals surface area contributed by atoms with Crippen molar-refractivity contribution >= 4 is 5.57 Å². The predicted octanol–water partition coefficient (Wildman–Crippen LogP) is 4.84. The largest absolute Gasteiger partial charge is 0.0763 e. The number of benzene rings is 1. The Morgan fingerprint density at radius 2 is 1.94 bits per heavy atom. The van der Waals surface area contributed by atoms with Crippen molar-refractivity contribution in [3.8, 4) is 0 Å². The van der Waals surface area contributed by atoms with Crippen LogP contribution in [-0.4, -0.2) is 0 Å². The summed E-state index contributed by atoms with van der Waals surface area (Å²) < 4.78 is 0. The standard InChI is InChI=1S/C16H20/c1-3-13(2)15-10-7-11-16(12-15)14-8-5-4-6-9-14/h4-6,8-9,11-13H,3,7,10H2,1-2H3. The van der Waals surface area contributed by atoms with Crippen molar-refractivity contribution < 1.29 is 0 Å². The highest BCUT2D eigenvalue weighted by Crippen LogP contribution is 2.30. The number of allylic oxidation sites excluding steroid dienone is 4. The molecule has 0 heteroatoms. The first-order valence-electron chi connectivity index (χ1n) is 6.27. The topological polar surface area (TPSA) is 0 Å². The van der Waals surface area contributed by atoms with Crippen molar-refractivity contribution in [1.29, 1.82) is 0 Å². The lowest BCUT2D eigenvalue weighted by Gasteiger charge is -2.18. The van der Waals surface area contributed by atoms with Crippen LogP contribution in [0.2, 0.25) is 0 Å². The Labute approximate surface area is 98.7 Å². The second-order valence-corrected chi connectivity index (χ2v) is 4.59. The first-order valence-corrected chi connectivity index (χ1v) is 6.27. The zero-order chi connectivity index (χ0) is 11.4. The van der Waals surface area contributed by atoms with Gasteiger partial charge in [-0.05, 0) is 36.3 Å². The molecule has 84 valence electrons. The van der Waals surface area contributed by atoms with Gasteiger partial charge < -0.3 is 0 Å². The second-order valence-electron chi connectivity index (χ2n) is 4.59. The zero-order valence-corrected chi connectivity index (χ0v) is 10.2. The molecule has 1 aromatic rings. The van der Waals surface area contributed by atoms with E-state index in [9.17, 15) is 0 Å². The van der Waals surface area contributed by atoms with Crippen LogP contribution in [0, 0.1) is 5.92 Å². The second kappa shape index (κ2) is 5.16. The van der Waals surface area contributed by atoms with Gasteiger partial charge in [-0.15, -0.1) is 0 Å². The summed E-state index contributed by atoms with van der Waals surface area (Å²) in [6.07, 6.45) is 8.44. The van der Waals surface area contributed by atoms with Gasteiger partial charge in [0.1, 0.15) is 0 Å². The lowest BCUT2D eigenvalue weighted by Crippen LogP contribution is -2.01. The van der Waals surface area contributed by atoms with Gasteiger partial charge in [-0.1, -0.05) is 61.9 Å². The van der Waals surface area contributed by atoms with E-state index in [1.807, 2.05) is 0 Å². The Morgan fingerprint density at radius 1 is 1.19 bits per heavy atom. The average molecular weight is 212 g/mol. The third-order valence-electron chi connectivity index (χ3n) is 3.49. The molecule has 2 rings (SSSR count). The van der Waals surface area contributed by atoms with Crippen LogP contribution in [0.15, 0.2) is 48.1 Å².